The summed E-state index contributed by atoms with van der Waals surface area (Å²) >= 11 is 0. The number of fused-ring (bicyclic) bond motifs is 2. The number of rotatable bonds is 4. The second-order valence-corrected chi connectivity index (χ2v) is 8.57. The summed E-state index contributed by atoms with van der Waals surface area (Å²) in [5.41, 5.74) is 1.96. The molecule has 2 fully saturated rings. The van der Waals surface area contributed by atoms with Crippen molar-refractivity contribution in [2.75, 3.05) is 26.7 Å². The highest BCUT2D eigenvalue weighted by Gasteiger charge is 2.50. The van der Waals surface area contributed by atoms with Crippen molar-refractivity contribution in [3.05, 3.63) is 34.9 Å². The largest absolute Gasteiger partial charge is 0.346 e. The van der Waals surface area contributed by atoms with Gasteiger partial charge in [-0.15, -0.1) is 0 Å². The molecule has 0 saturated carbocycles. The molecule has 7 nitrogen and oxygen atoms in total. The molecule has 0 spiro atoms. The maximum absolute atomic E-state index is 13.3. The molecular weight excluding hydrogens is 382 g/mol. The fourth-order valence-corrected chi connectivity index (χ4v) is 5.34. The quantitative estimate of drug-likeness (QED) is 0.756. The highest BCUT2D eigenvalue weighted by molar-refractivity contribution is 6.06. The summed E-state index contributed by atoms with van der Waals surface area (Å²) in [4.78, 5) is 56.4. The summed E-state index contributed by atoms with van der Waals surface area (Å²) in [6, 6.07) is 5.01. The molecule has 4 rings (SSSR count). The van der Waals surface area contributed by atoms with Gasteiger partial charge in [0.05, 0.1) is 12.0 Å². The first-order chi connectivity index (χ1) is 14.4. The lowest BCUT2D eigenvalue weighted by Gasteiger charge is -2.40. The summed E-state index contributed by atoms with van der Waals surface area (Å²) in [6.07, 6.45) is 2.31. The first kappa shape index (κ1) is 20.6. The van der Waals surface area contributed by atoms with Crippen LogP contribution in [0.15, 0.2) is 18.2 Å². The van der Waals surface area contributed by atoms with Gasteiger partial charge in [-0.05, 0) is 37.8 Å². The lowest BCUT2D eigenvalue weighted by atomic mass is 9.95. The maximum Gasteiger partial charge on any atom is 0.254 e. The summed E-state index contributed by atoms with van der Waals surface area (Å²) < 4.78 is 0. The van der Waals surface area contributed by atoms with Gasteiger partial charge in [0.15, 0.2) is 5.78 Å². The standard InChI is InChI=1S/C23H29N3O4/c1-4-19-18(22(29)24(3)5-2)11-14-12-25(13-21(28)26(14)19)23(30)17-8-6-7-16-15(17)9-10-20(16)27/h6-8,14,18-19H,4-5,9-13H2,1-3H3/t14-,18-,19-/m0/s1. The Morgan fingerprint density at radius 1 is 1.17 bits per heavy atom. The second kappa shape index (κ2) is 7.85. The molecule has 0 N–H and O–H groups in total. The van der Waals surface area contributed by atoms with Gasteiger partial charge in [-0.25, -0.2) is 0 Å². The van der Waals surface area contributed by atoms with Gasteiger partial charge < -0.3 is 14.7 Å². The highest BCUT2D eigenvalue weighted by Crippen LogP contribution is 2.36. The number of nitrogens with zero attached hydrogens (tertiary/aromatic N) is 3. The molecule has 2 aliphatic heterocycles. The highest BCUT2D eigenvalue weighted by atomic mass is 16.2. The van der Waals surface area contributed by atoms with E-state index >= 15 is 0 Å². The van der Waals surface area contributed by atoms with Crippen LogP contribution in [-0.4, -0.2) is 77.0 Å². The molecule has 1 aromatic carbocycles. The SMILES string of the molecule is CC[C@H]1[C@@H](C(=O)N(C)CC)C[C@H]2CN(C(=O)c3cccc4c3CCC4=O)CC(=O)N21. The number of piperazine rings is 1. The number of ketones is 1. The van der Waals surface area contributed by atoms with Crippen LogP contribution in [0.3, 0.4) is 0 Å². The molecule has 3 atom stereocenters. The summed E-state index contributed by atoms with van der Waals surface area (Å²) in [6.45, 7) is 5.03. The topological polar surface area (TPSA) is 78.0 Å². The van der Waals surface area contributed by atoms with Crippen molar-refractivity contribution >= 4 is 23.5 Å². The molecule has 1 aliphatic carbocycles. The second-order valence-electron chi connectivity index (χ2n) is 8.57. The molecule has 0 aromatic heterocycles. The molecule has 3 amide bonds. The third kappa shape index (κ3) is 3.20. The Kier molecular flexibility index (Phi) is 5.38. The van der Waals surface area contributed by atoms with Crippen molar-refractivity contribution in [3.8, 4) is 0 Å². The smallest absolute Gasteiger partial charge is 0.254 e. The fraction of sp³-hybridized carbons (Fsp3) is 0.565. The minimum atomic E-state index is -0.220. The predicted molar refractivity (Wildman–Crippen MR) is 111 cm³/mol. The molecule has 2 heterocycles. The van der Waals surface area contributed by atoms with Crippen LogP contribution in [-0.2, 0) is 16.0 Å². The van der Waals surface area contributed by atoms with Crippen molar-refractivity contribution in [3.63, 3.8) is 0 Å². The van der Waals surface area contributed by atoms with Gasteiger partial charge in [-0.2, -0.15) is 0 Å². The normalized spacial score (nSPS) is 25.4. The van der Waals surface area contributed by atoms with E-state index in [0.29, 0.717) is 43.5 Å². The zero-order chi connectivity index (χ0) is 21.6. The monoisotopic (exact) mass is 411 g/mol. The first-order valence-corrected chi connectivity index (χ1v) is 10.9. The lowest BCUT2D eigenvalue weighted by molar-refractivity contribution is -0.140. The predicted octanol–water partition coefficient (Wildman–Crippen LogP) is 1.75. The zero-order valence-electron chi connectivity index (χ0n) is 17.9. The maximum atomic E-state index is 13.3. The van der Waals surface area contributed by atoms with Crippen molar-refractivity contribution < 1.29 is 19.2 Å². The van der Waals surface area contributed by atoms with Crippen LogP contribution in [0.4, 0.5) is 0 Å². The number of carbonyl (C=O) groups excluding carboxylic acids is 4. The molecule has 7 heteroatoms. The van der Waals surface area contributed by atoms with Gasteiger partial charge in [0.1, 0.15) is 6.54 Å². The number of Topliss-reactive ketones (excluding diaryl/α,β-unsaturated/α-hetero) is 1. The van der Waals surface area contributed by atoms with Crippen molar-refractivity contribution in [1.29, 1.82) is 0 Å². The number of hydrogen-bond acceptors (Lipinski definition) is 4. The summed E-state index contributed by atoms with van der Waals surface area (Å²) in [5, 5.41) is 0. The molecule has 160 valence electrons. The van der Waals surface area contributed by atoms with E-state index in [1.54, 1.807) is 35.0 Å². The van der Waals surface area contributed by atoms with E-state index in [1.807, 2.05) is 18.7 Å². The van der Waals surface area contributed by atoms with Crippen LogP contribution in [0.5, 0.6) is 0 Å². The number of hydrogen-bond donors (Lipinski definition) is 0. The van der Waals surface area contributed by atoms with Gasteiger partial charge in [0.25, 0.3) is 5.91 Å². The molecule has 0 radical (unpaired) electrons. The van der Waals surface area contributed by atoms with Crippen LogP contribution >= 0.6 is 0 Å². The summed E-state index contributed by atoms with van der Waals surface area (Å²) in [7, 11) is 1.79. The number of benzene rings is 1. The van der Waals surface area contributed by atoms with E-state index in [9.17, 15) is 19.2 Å². The molecule has 30 heavy (non-hydrogen) atoms. The molecule has 3 aliphatic rings. The van der Waals surface area contributed by atoms with Gasteiger partial charge in [-0.3, -0.25) is 19.2 Å². The molecule has 0 bridgehead atoms. The van der Waals surface area contributed by atoms with Gasteiger partial charge >= 0.3 is 0 Å². The third-order valence-electron chi connectivity index (χ3n) is 6.97. The Balaban J connectivity index is 1.57. The van der Waals surface area contributed by atoms with Crippen LogP contribution in [0.25, 0.3) is 0 Å². The van der Waals surface area contributed by atoms with E-state index in [2.05, 4.69) is 0 Å². The molecule has 1 aromatic rings. The fourth-order valence-electron chi connectivity index (χ4n) is 5.34. The van der Waals surface area contributed by atoms with Crippen LogP contribution in [0, 0.1) is 5.92 Å². The van der Waals surface area contributed by atoms with Crippen LogP contribution in [0.2, 0.25) is 0 Å². The number of carbonyl (C=O) groups is 4. The molecule has 2 saturated heterocycles. The van der Waals surface area contributed by atoms with E-state index < -0.39 is 0 Å². The summed E-state index contributed by atoms with van der Waals surface area (Å²) in [5.74, 6) is -0.359. The lowest BCUT2D eigenvalue weighted by Crippen LogP contribution is -2.57. The zero-order valence-corrected chi connectivity index (χ0v) is 17.9. The average Bonchev–Trinajstić information content (AvgIpc) is 3.32. The molecular formula is C23H29N3O4. The van der Waals surface area contributed by atoms with Crippen LogP contribution < -0.4 is 0 Å². The van der Waals surface area contributed by atoms with Crippen molar-refractivity contribution in [2.24, 2.45) is 5.92 Å². The van der Waals surface area contributed by atoms with E-state index in [4.69, 9.17) is 0 Å². The van der Waals surface area contributed by atoms with E-state index in [0.717, 1.165) is 12.0 Å². The number of amides is 3. The Hall–Kier alpha value is -2.70. The van der Waals surface area contributed by atoms with Gasteiger partial charge in [0, 0.05) is 43.7 Å². The Bertz CT molecular complexity index is 912. The van der Waals surface area contributed by atoms with Gasteiger partial charge in [-0.1, -0.05) is 19.1 Å². The van der Waals surface area contributed by atoms with Crippen molar-refractivity contribution in [1.82, 2.24) is 14.7 Å². The van der Waals surface area contributed by atoms with E-state index in [1.165, 1.54) is 0 Å². The first-order valence-electron chi connectivity index (χ1n) is 10.9. The van der Waals surface area contributed by atoms with Crippen LogP contribution in [0.1, 0.15) is 59.4 Å². The van der Waals surface area contributed by atoms with Crippen molar-refractivity contribution in [2.45, 2.75) is 51.6 Å². The Labute approximate surface area is 177 Å². The molecule has 0 unspecified atom stereocenters. The minimum absolute atomic E-state index is 0.0218. The Morgan fingerprint density at radius 3 is 2.63 bits per heavy atom. The van der Waals surface area contributed by atoms with Gasteiger partial charge in [0.2, 0.25) is 11.8 Å². The average molecular weight is 412 g/mol. The van der Waals surface area contributed by atoms with E-state index in [-0.39, 0.29) is 48.1 Å². The Morgan fingerprint density at radius 2 is 1.93 bits per heavy atom. The third-order valence-corrected chi connectivity index (χ3v) is 6.97. The minimum Gasteiger partial charge on any atom is -0.346 e.